The van der Waals surface area contributed by atoms with Crippen molar-refractivity contribution in [2.75, 3.05) is 0 Å². The Hall–Kier alpha value is -2.49. The summed E-state index contributed by atoms with van der Waals surface area (Å²) in [5, 5.41) is 29.5. The van der Waals surface area contributed by atoms with Crippen LogP contribution in [0.3, 0.4) is 0 Å². The number of carboxylic acids is 1. The van der Waals surface area contributed by atoms with Gasteiger partial charge in [-0.1, -0.05) is 31.2 Å². The van der Waals surface area contributed by atoms with Crippen molar-refractivity contribution in [1.82, 2.24) is 0 Å². The van der Waals surface area contributed by atoms with Crippen molar-refractivity contribution in [3.63, 3.8) is 0 Å². The van der Waals surface area contributed by atoms with Crippen molar-refractivity contribution < 1.29 is 20.1 Å². The highest BCUT2D eigenvalue weighted by Crippen LogP contribution is 2.40. The molecule has 0 bridgehead atoms. The van der Waals surface area contributed by atoms with Crippen LogP contribution in [-0.4, -0.2) is 21.3 Å². The summed E-state index contributed by atoms with van der Waals surface area (Å²) < 4.78 is 0. The molecule has 0 heterocycles. The van der Waals surface area contributed by atoms with E-state index in [1.54, 1.807) is 27.7 Å². The van der Waals surface area contributed by atoms with Crippen LogP contribution in [0.25, 0.3) is 0 Å². The molecule has 0 fully saturated rings. The lowest BCUT2D eigenvalue weighted by Crippen LogP contribution is -2.28. The fourth-order valence-electron chi connectivity index (χ4n) is 3.22. The average Bonchev–Trinajstić information content (AvgIpc) is 2.48. The highest BCUT2D eigenvalue weighted by atomic mass is 16.4. The molecule has 0 atom stereocenters. The second kappa shape index (κ2) is 6.19. The van der Waals surface area contributed by atoms with Gasteiger partial charge in [-0.15, -0.1) is 0 Å². The van der Waals surface area contributed by atoms with Crippen LogP contribution in [0.1, 0.15) is 46.7 Å². The SMILES string of the molecule is Cc1cc(C(C)(CC(=O)O)c2cc(C)c(O)c(C)c2)cc(C)c1O. The first-order valence-corrected chi connectivity index (χ1v) is 7.89. The van der Waals surface area contributed by atoms with Crippen LogP contribution in [0.5, 0.6) is 11.5 Å². The van der Waals surface area contributed by atoms with Crippen molar-refractivity contribution in [1.29, 1.82) is 0 Å². The number of hydrogen-bond acceptors (Lipinski definition) is 3. The van der Waals surface area contributed by atoms with E-state index >= 15 is 0 Å². The van der Waals surface area contributed by atoms with Crippen LogP contribution >= 0.6 is 0 Å². The Morgan fingerprint density at radius 2 is 1.12 bits per heavy atom. The Morgan fingerprint density at radius 1 is 0.833 bits per heavy atom. The standard InChI is InChI=1S/C20H24O4/c1-11-6-15(7-12(2)18(11)23)20(5,10-17(21)22)16-8-13(3)19(24)14(4)9-16/h6-9,23-24H,10H2,1-5H3,(H,21,22). The van der Waals surface area contributed by atoms with Gasteiger partial charge in [0.1, 0.15) is 11.5 Å². The van der Waals surface area contributed by atoms with E-state index in [1.807, 2.05) is 31.2 Å². The van der Waals surface area contributed by atoms with E-state index in [9.17, 15) is 20.1 Å². The average molecular weight is 328 g/mol. The molecule has 128 valence electrons. The first-order valence-electron chi connectivity index (χ1n) is 7.89. The van der Waals surface area contributed by atoms with Crippen LogP contribution < -0.4 is 0 Å². The molecule has 4 nitrogen and oxygen atoms in total. The van der Waals surface area contributed by atoms with E-state index < -0.39 is 11.4 Å². The molecule has 2 aromatic carbocycles. The third kappa shape index (κ3) is 3.09. The fourth-order valence-corrected chi connectivity index (χ4v) is 3.22. The Morgan fingerprint density at radius 3 is 1.38 bits per heavy atom. The minimum absolute atomic E-state index is 0.0830. The summed E-state index contributed by atoms with van der Waals surface area (Å²) in [7, 11) is 0. The molecule has 0 aliphatic carbocycles. The number of carbonyl (C=O) groups is 1. The largest absolute Gasteiger partial charge is 0.507 e. The quantitative estimate of drug-likeness (QED) is 0.789. The zero-order chi connectivity index (χ0) is 18.2. The van der Waals surface area contributed by atoms with Gasteiger partial charge in [-0.25, -0.2) is 0 Å². The second-order valence-electron chi connectivity index (χ2n) is 6.82. The minimum atomic E-state index is -0.899. The molecule has 3 N–H and O–H groups in total. The van der Waals surface area contributed by atoms with E-state index in [2.05, 4.69) is 0 Å². The lowest BCUT2D eigenvalue weighted by Gasteiger charge is -2.31. The summed E-state index contributed by atoms with van der Waals surface area (Å²) in [6.45, 7) is 9.11. The molecular formula is C20H24O4. The predicted octanol–water partition coefficient (Wildman–Crippen LogP) is 4.11. The van der Waals surface area contributed by atoms with Crippen molar-refractivity contribution >= 4 is 5.97 Å². The lowest BCUT2D eigenvalue weighted by atomic mass is 9.72. The van der Waals surface area contributed by atoms with E-state index in [1.165, 1.54) is 0 Å². The number of carboxylic acid groups (broad SMARTS) is 1. The van der Waals surface area contributed by atoms with Crippen LogP contribution in [0.4, 0.5) is 0 Å². The number of aromatic hydroxyl groups is 2. The number of aliphatic carboxylic acids is 1. The zero-order valence-corrected chi connectivity index (χ0v) is 14.8. The van der Waals surface area contributed by atoms with Gasteiger partial charge in [0.15, 0.2) is 0 Å². The Balaban J connectivity index is 2.74. The van der Waals surface area contributed by atoms with Crippen LogP contribution in [0.15, 0.2) is 24.3 Å². The van der Waals surface area contributed by atoms with Crippen LogP contribution in [0, 0.1) is 27.7 Å². The number of rotatable bonds is 4. The molecule has 4 heteroatoms. The van der Waals surface area contributed by atoms with Crippen LogP contribution in [-0.2, 0) is 10.2 Å². The van der Waals surface area contributed by atoms with Crippen LogP contribution in [0.2, 0.25) is 0 Å². The third-order valence-corrected chi connectivity index (χ3v) is 4.76. The van der Waals surface area contributed by atoms with Gasteiger partial charge < -0.3 is 15.3 Å². The van der Waals surface area contributed by atoms with E-state index in [0.29, 0.717) is 22.3 Å². The molecule has 24 heavy (non-hydrogen) atoms. The summed E-state index contributed by atoms with van der Waals surface area (Å²) >= 11 is 0. The number of phenolic OH excluding ortho intramolecular Hbond substituents is 2. The maximum atomic E-state index is 11.5. The fraction of sp³-hybridized carbons (Fsp3) is 0.350. The molecule has 0 saturated heterocycles. The first-order chi connectivity index (χ1) is 11.1. The topological polar surface area (TPSA) is 77.8 Å². The van der Waals surface area contributed by atoms with Gasteiger partial charge in [0.25, 0.3) is 0 Å². The van der Waals surface area contributed by atoms with Gasteiger partial charge in [0, 0.05) is 5.41 Å². The van der Waals surface area contributed by atoms with E-state index in [4.69, 9.17) is 0 Å². The highest BCUT2D eigenvalue weighted by Gasteiger charge is 2.33. The first kappa shape index (κ1) is 17.9. The van der Waals surface area contributed by atoms with Gasteiger partial charge in [-0.2, -0.15) is 0 Å². The maximum Gasteiger partial charge on any atom is 0.304 e. The summed E-state index contributed by atoms with van der Waals surface area (Å²) in [6.07, 6.45) is -0.0830. The Labute approximate surface area is 142 Å². The highest BCUT2D eigenvalue weighted by molar-refractivity contribution is 5.71. The molecule has 0 aliphatic heterocycles. The zero-order valence-electron chi connectivity index (χ0n) is 14.8. The molecular weight excluding hydrogens is 304 g/mol. The number of benzene rings is 2. The molecule has 2 aromatic rings. The van der Waals surface area contributed by atoms with Crippen molar-refractivity contribution in [3.8, 4) is 11.5 Å². The lowest BCUT2D eigenvalue weighted by molar-refractivity contribution is -0.138. The van der Waals surface area contributed by atoms with E-state index in [0.717, 1.165) is 11.1 Å². The summed E-state index contributed by atoms with van der Waals surface area (Å²) in [6, 6.07) is 7.34. The monoisotopic (exact) mass is 328 g/mol. The number of hydrogen-bond donors (Lipinski definition) is 3. The van der Waals surface area contributed by atoms with Gasteiger partial charge in [-0.05, 0) is 61.1 Å². The molecule has 0 spiro atoms. The third-order valence-electron chi connectivity index (χ3n) is 4.76. The summed E-state index contributed by atoms with van der Waals surface area (Å²) in [4.78, 5) is 11.5. The normalized spacial score (nSPS) is 11.5. The second-order valence-corrected chi connectivity index (χ2v) is 6.82. The smallest absolute Gasteiger partial charge is 0.304 e. The van der Waals surface area contributed by atoms with Crippen molar-refractivity contribution in [2.24, 2.45) is 0 Å². The number of phenols is 2. The Kier molecular flexibility index (Phi) is 4.61. The molecule has 0 unspecified atom stereocenters. The molecule has 0 aliphatic rings. The van der Waals surface area contributed by atoms with Gasteiger partial charge in [0.05, 0.1) is 6.42 Å². The maximum absolute atomic E-state index is 11.5. The molecule has 0 aromatic heterocycles. The molecule has 0 radical (unpaired) electrons. The van der Waals surface area contributed by atoms with Crippen molar-refractivity contribution in [3.05, 3.63) is 57.6 Å². The van der Waals surface area contributed by atoms with Gasteiger partial charge >= 0.3 is 5.97 Å². The summed E-state index contributed by atoms with van der Waals surface area (Å²) in [5.74, 6) is -0.437. The van der Waals surface area contributed by atoms with Gasteiger partial charge in [0.2, 0.25) is 0 Å². The molecule has 2 rings (SSSR count). The van der Waals surface area contributed by atoms with Crippen molar-refractivity contribution in [2.45, 2.75) is 46.5 Å². The van der Waals surface area contributed by atoms with E-state index in [-0.39, 0.29) is 17.9 Å². The Bertz CT molecular complexity index is 702. The van der Waals surface area contributed by atoms with Gasteiger partial charge in [-0.3, -0.25) is 4.79 Å². The molecule has 0 saturated carbocycles. The minimum Gasteiger partial charge on any atom is -0.507 e. The predicted molar refractivity (Wildman–Crippen MR) is 93.9 cm³/mol. The summed E-state index contributed by atoms with van der Waals surface area (Å²) in [5.41, 5.74) is 3.77. The molecule has 0 amide bonds. The number of aryl methyl sites for hydroxylation is 4.